The van der Waals surface area contributed by atoms with Crippen molar-refractivity contribution in [2.45, 2.75) is 0 Å². The van der Waals surface area contributed by atoms with E-state index >= 15 is 0 Å². The van der Waals surface area contributed by atoms with Gasteiger partial charge in [-0.3, -0.25) is 0 Å². The number of rotatable bonds is 1. The zero-order valence-electron chi connectivity index (χ0n) is 2.46. The van der Waals surface area contributed by atoms with Crippen molar-refractivity contribution in [1.82, 2.24) is 0 Å². The van der Waals surface area contributed by atoms with Gasteiger partial charge >= 0.3 is 46.8 Å². The Morgan fingerprint density at radius 1 is 1.80 bits per heavy atom. The first-order valence-corrected chi connectivity index (χ1v) is 5.17. The van der Waals surface area contributed by atoms with Gasteiger partial charge in [0.2, 0.25) is 0 Å². The summed E-state index contributed by atoms with van der Waals surface area (Å²) < 4.78 is 0.617. The molecular weight excluding hydrogens is 170 g/mol. The Kier molecular flexibility index (Phi) is 3.63. The second kappa shape index (κ2) is 3.08. The second-order valence-electron chi connectivity index (χ2n) is 0.499. The third-order valence-electron chi connectivity index (χ3n) is 0.103. The van der Waals surface area contributed by atoms with Crippen molar-refractivity contribution in [3.05, 3.63) is 10.4 Å². The van der Waals surface area contributed by atoms with Crippen LogP contribution in [0.3, 0.4) is 0 Å². The molecule has 0 aromatic rings. The van der Waals surface area contributed by atoms with Gasteiger partial charge < -0.3 is 0 Å². The first-order chi connectivity index (χ1) is 2.27. The Bertz CT molecular complexity index is 42.9. The predicted molar refractivity (Wildman–Crippen MR) is 28.0 cm³/mol. The molecule has 0 amide bonds. The molecule has 0 rings (SSSR count). The van der Waals surface area contributed by atoms with E-state index in [1.54, 1.807) is 0 Å². The molecule has 0 aromatic carbocycles. The van der Waals surface area contributed by atoms with Gasteiger partial charge in [-0.2, -0.15) is 0 Å². The molecule has 0 radical (unpaired) electrons. The van der Waals surface area contributed by atoms with Gasteiger partial charge in [0.25, 0.3) is 0 Å². The van der Waals surface area contributed by atoms with Crippen LogP contribution in [0, 0.1) is 0 Å². The molecule has 5 heavy (non-hydrogen) atoms. The van der Waals surface area contributed by atoms with Crippen LogP contribution < -0.4 is 0 Å². The van der Waals surface area contributed by atoms with Crippen LogP contribution in [0.5, 0.6) is 0 Å². The van der Waals surface area contributed by atoms with E-state index in [0.717, 1.165) is 0 Å². The van der Waals surface area contributed by atoms with Crippen LogP contribution in [-0.4, -0.2) is 14.8 Å². The van der Waals surface area contributed by atoms with Crippen LogP contribution in [-0.2, 0) is 0 Å². The van der Waals surface area contributed by atoms with E-state index in [1.165, 1.54) is 0 Å². The normalized spacial score (nSPS) is 10.0. The Morgan fingerprint density at radius 3 is 2.00 bits per heavy atom. The quantitative estimate of drug-likeness (QED) is 0.524. The van der Waals surface area contributed by atoms with Crippen molar-refractivity contribution in [2.24, 2.45) is 0 Å². The monoisotopic (exact) mass is 172 g/mol. The molecule has 0 saturated heterocycles. The topological polar surface area (TPSA) is 0 Å². The molecule has 1 unspecified atom stereocenters. The van der Waals surface area contributed by atoms with Crippen LogP contribution in [0.2, 0.25) is 0 Å². The molecule has 0 heterocycles. The summed E-state index contributed by atoms with van der Waals surface area (Å²) >= 11 is 4.68. The van der Waals surface area contributed by atoms with Gasteiger partial charge in [0.1, 0.15) is 0 Å². The zero-order chi connectivity index (χ0) is 4.28. The molecule has 0 aromatic heterocycles. The summed E-state index contributed by atoms with van der Waals surface area (Å²) in [6.45, 7) is 3.36. The first-order valence-electron chi connectivity index (χ1n) is 0.982. The molecule has 1 atom stereocenters. The van der Waals surface area contributed by atoms with Gasteiger partial charge in [-0.05, 0) is 0 Å². The minimum absolute atomic E-state index is 0.512. The van der Waals surface area contributed by atoms with Crippen molar-refractivity contribution in [3.8, 4) is 0 Å². The summed E-state index contributed by atoms with van der Waals surface area (Å²) in [6, 6.07) is 0. The summed E-state index contributed by atoms with van der Waals surface area (Å²) in [5, 5.41) is 0. The Labute approximate surface area is 47.0 Å². The summed E-state index contributed by atoms with van der Waals surface area (Å²) in [5.74, 6) is 0. The molecule has 0 spiro atoms. The summed E-state index contributed by atoms with van der Waals surface area (Å²) in [4.78, 5) is 0. The number of hydrogen-bond donors (Lipinski definition) is 0. The van der Waals surface area contributed by atoms with Gasteiger partial charge in [0.15, 0.2) is 0 Å². The van der Waals surface area contributed by atoms with Crippen LogP contribution in [0.4, 0.5) is 0 Å². The van der Waals surface area contributed by atoms with Crippen molar-refractivity contribution >= 4 is 36.4 Å². The average Bonchev–Trinajstić information content (AvgIpc) is 1.38. The van der Waals surface area contributed by atoms with Crippen LogP contribution >= 0.6 is 21.6 Å². The molecule has 0 nitrogen and oxygen atoms in total. The summed E-state index contributed by atoms with van der Waals surface area (Å²) in [7, 11) is 5.23. The number of halogens is 2. The SMILES string of the molecule is C=C(Cl)[AsH]Cl. The van der Waals surface area contributed by atoms with Gasteiger partial charge in [-0.25, -0.2) is 0 Å². The number of hydrogen-bond acceptors (Lipinski definition) is 0. The van der Waals surface area contributed by atoms with E-state index in [1.807, 2.05) is 0 Å². The molecule has 30 valence electrons. The summed E-state index contributed by atoms with van der Waals surface area (Å²) in [5.41, 5.74) is 0. The fourth-order valence-corrected chi connectivity index (χ4v) is 0. The molecule has 0 saturated carbocycles. The van der Waals surface area contributed by atoms with Crippen LogP contribution in [0.25, 0.3) is 0 Å². The van der Waals surface area contributed by atoms with E-state index in [0.29, 0.717) is 3.82 Å². The van der Waals surface area contributed by atoms with Crippen LogP contribution in [0.15, 0.2) is 10.4 Å². The molecule has 0 fully saturated rings. The third-order valence-corrected chi connectivity index (χ3v) is 2.71. The van der Waals surface area contributed by atoms with Crippen molar-refractivity contribution in [3.63, 3.8) is 0 Å². The molecule has 0 aliphatic carbocycles. The maximum absolute atomic E-state index is 5.23. The first kappa shape index (κ1) is 5.88. The molecule has 0 aliphatic heterocycles. The molecule has 3 heteroatoms. The molecule has 0 aliphatic rings. The average molecular weight is 173 g/mol. The maximum atomic E-state index is 5.23. The predicted octanol–water partition coefficient (Wildman–Crippen LogP) is 1.29. The third kappa shape index (κ3) is 4.88. The van der Waals surface area contributed by atoms with E-state index in [4.69, 9.17) is 21.6 Å². The van der Waals surface area contributed by atoms with Gasteiger partial charge in [0.05, 0.1) is 0 Å². The van der Waals surface area contributed by atoms with Crippen LogP contribution in [0.1, 0.15) is 0 Å². The van der Waals surface area contributed by atoms with Crippen molar-refractivity contribution in [2.75, 3.05) is 0 Å². The Balaban J connectivity index is 2.85. The zero-order valence-corrected chi connectivity index (χ0v) is 6.07. The fourth-order valence-electron chi connectivity index (χ4n) is 0. The molecule has 0 bridgehead atoms. The standard InChI is InChI=1S/C2H3AsCl2/c1-2(4)3-5/h3H,1H2. The van der Waals surface area contributed by atoms with Gasteiger partial charge in [0, 0.05) is 0 Å². The Hall–Kier alpha value is 0.878. The minimum atomic E-state index is -0.512. The molecule has 0 N–H and O–H groups in total. The van der Waals surface area contributed by atoms with E-state index < -0.39 is 14.8 Å². The summed E-state index contributed by atoms with van der Waals surface area (Å²) in [6.07, 6.45) is 0. The van der Waals surface area contributed by atoms with Crippen molar-refractivity contribution in [1.29, 1.82) is 0 Å². The van der Waals surface area contributed by atoms with E-state index in [9.17, 15) is 0 Å². The van der Waals surface area contributed by atoms with Gasteiger partial charge in [-0.15, -0.1) is 0 Å². The van der Waals surface area contributed by atoms with Crippen molar-refractivity contribution < 1.29 is 0 Å². The fraction of sp³-hybridized carbons (Fsp3) is 0. The van der Waals surface area contributed by atoms with Gasteiger partial charge in [-0.1, -0.05) is 0 Å². The molecular formula is C2H3AsCl2. The van der Waals surface area contributed by atoms with E-state index in [2.05, 4.69) is 6.58 Å². The van der Waals surface area contributed by atoms with E-state index in [-0.39, 0.29) is 0 Å². The second-order valence-corrected chi connectivity index (χ2v) is 4.27. The Morgan fingerprint density at radius 2 is 2.00 bits per heavy atom.